The standard InChI is InChI=1S/C16H18OS2/c1-18-15-9-5-3-7-13(15)11-17-12-14-8-4-6-10-16(14)19-2/h3-10H,11-12H2,1-2H3. The molecule has 0 N–H and O–H groups in total. The summed E-state index contributed by atoms with van der Waals surface area (Å²) in [6, 6.07) is 16.8. The molecule has 0 spiro atoms. The summed E-state index contributed by atoms with van der Waals surface area (Å²) >= 11 is 3.53. The van der Waals surface area contributed by atoms with E-state index in [1.807, 2.05) is 0 Å². The summed E-state index contributed by atoms with van der Waals surface area (Å²) in [4.78, 5) is 2.58. The molecule has 0 fully saturated rings. The zero-order chi connectivity index (χ0) is 13.5. The molecule has 0 unspecified atom stereocenters. The molecule has 0 aliphatic heterocycles. The third-order valence-corrected chi connectivity index (χ3v) is 4.58. The Morgan fingerprint density at radius 3 is 1.58 bits per heavy atom. The lowest BCUT2D eigenvalue weighted by molar-refractivity contribution is 0.104. The normalized spacial score (nSPS) is 10.6. The summed E-state index contributed by atoms with van der Waals surface area (Å²) in [7, 11) is 0. The van der Waals surface area contributed by atoms with Gasteiger partial charge in [-0.2, -0.15) is 0 Å². The van der Waals surface area contributed by atoms with E-state index in [-0.39, 0.29) is 0 Å². The van der Waals surface area contributed by atoms with Crippen molar-refractivity contribution >= 4 is 23.5 Å². The van der Waals surface area contributed by atoms with E-state index < -0.39 is 0 Å². The van der Waals surface area contributed by atoms with Crippen LogP contribution in [0.1, 0.15) is 11.1 Å². The fourth-order valence-corrected chi connectivity index (χ4v) is 3.12. The van der Waals surface area contributed by atoms with Crippen molar-refractivity contribution in [3.8, 4) is 0 Å². The van der Waals surface area contributed by atoms with Crippen molar-refractivity contribution in [1.29, 1.82) is 0 Å². The minimum Gasteiger partial charge on any atom is -0.372 e. The van der Waals surface area contributed by atoms with Crippen LogP contribution in [0.4, 0.5) is 0 Å². The highest BCUT2D eigenvalue weighted by atomic mass is 32.2. The third kappa shape index (κ3) is 4.03. The Morgan fingerprint density at radius 1 is 0.737 bits per heavy atom. The predicted octanol–water partition coefficient (Wildman–Crippen LogP) is 4.85. The summed E-state index contributed by atoms with van der Waals surface area (Å²) < 4.78 is 5.86. The van der Waals surface area contributed by atoms with Gasteiger partial charge in [-0.15, -0.1) is 23.5 Å². The first kappa shape index (κ1) is 14.5. The van der Waals surface area contributed by atoms with Crippen LogP contribution in [0.3, 0.4) is 0 Å². The molecule has 0 aromatic heterocycles. The van der Waals surface area contributed by atoms with E-state index >= 15 is 0 Å². The summed E-state index contributed by atoms with van der Waals surface area (Å²) in [5, 5.41) is 0. The minimum atomic E-state index is 0.666. The zero-order valence-corrected chi connectivity index (χ0v) is 12.9. The first-order valence-corrected chi connectivity index (χ1v) is 8.61. The average molecular weight is 290 g/mol. The van der Waals surface area contributed by atoms with Gasteiger partial charge in [-0.1, -0.05) is 36.4 Å². The number of rotatable bonds is 6. The molecule has 0 saturated carbocycles. The molecule has 0 saturated heterocycles. The second-order valence-electron chi connectivity index (χ2n) is 4.12. The molecule has 0 atom stereocenters. The Kier molecular flexibility index (Phi) is 5.83. The zero-order valence-electron chi connectivity index (χ0n) is 11.3. The van der Waals surface area contributed by atoms with Crippen LogP contribution in [0.25, 0.3) is 0 Å². The van der Waals surface area contributed by atoms with E-state index in [9.17, 15) is 0 Å². The van der Waals surface area contributed by atoms with Gasteiger partial charge in [-0.25, -0.2) is 0 Å². The third-order valence-electron chi connectivity index (χ3n) is 2.90. The Balaban J connectivity index is 1.96. The van der Waals surface area contributed by atoms with Crippen LogP contribution in [0, 0.1) is 0 Å². The quantitative estimate of drug-likeness (QED) is 0.704. The second-order valence-corrected chi connectivity index (χ2v) is 5.81. The van der Waals surface area contributed by atoms with Crippen molar-refractivity contribution in [2.45, 2.75) is 23.0 Å². The Labute approximate surface area is 123 Å². The van der Waals surface area contributed by atoms with E-state index in [0.717, 1.165) is 0 Å². The maximum Gasteiger partial charge on any atom is 0.0732 e. The molecule has 100 valence electrons. The SMILES string of the molecule is CSc1ccccc1COCc1ccccc1SC. The molecule has 2 aromatic rings. The van der Waals surface area contributed by atoms with Gasteiger partial charge in [0.15, 0.2) is 0 Å². The van der Waals surface area contributed by atoms with E-state index in [1.54, 1.807) is 23.5 Å². The number of hydrogen-bond acceptors (Lipinski definition) is 3. The highest BCUT2D eigenvalue weighted by Gasteiger charge is 2.03. The molecule has 0 heterocycles. The van der Waals surface area contributed by atoms with Crippen molar-refractivity contribution in [1.82, 2.24) is 0 Å². The van der Waals surface area contributed by atoms with Gasteiger partial charge >= 0.3 is 0 Å². The fourth-order valence-electron chi connectivity index (χ4n) is 1.92. The van der Waals surface area contributed by atoms with Crippen molar-refractivity contribution in [3.63, 3.8) is 0 Å². The second kappa shape index (κ2) is 7.63. The maximum atomic E-state index is 5.86. The molecule has 0 aliphatic rings. The van der Waals surface area contributed by atoms with Gasteiger partial charge in [0.2, 0.25) is 0 Å². The smallest absolute Gasteiger partial charge is 0.0732 e. The van der Waals surface area contributed by atoms with Crippen LogP contribution in [-0.4, -0.2) is 12.5 Å². The van der Waals surface area contributed by atoms with Crippen LogP contribution in [0.5, 0.6) is 0 Å². The van der Waals surface area contributed by atoms with E-state index in [4.69, 9.17) is 4.74 Å². The number of benzene rings is 2. The van der Waals surface area contributed by atoms with Crippen molar-refractivity contribution < 1.29 is 4.74 Å². The molecule has 0 bridgehead atoms. The van der Waals surface area contributed by atoms with Crippen molar-refractivity contribution in [2.24, 2.45) is 0 Å². The molecule has 3 heteroatoms. The molecular weight excluding hydrogens is 272 g/mol. The van der Waals surface area contributed by atoms with Gasteiger partial charge in [0.1, 0.15) is 0 Å². The Hall–Kier alpha value is -0.900. The molecule has 1 nitrogen and oxygen atoms in total. The first-order valence-electron chi connectivity index (χ1n) is 6.16. The van der Waals surface area contributed by atoms with Crippen LogP contribution < -0.4 is 0 Å². The van der Waals surface area contributed by atoms with E-state index in [2.05, 4.69) is 61.0 Å². The lowest BCUT2D eigenvalue weighted by Gasteiger charge is -2.10. The minimum absolute atomic E-state index is 0.666. The Morgan fingerprint density at radius 2 is 1.16 bits per heavy atom. The highest BCUT2D eigenvalue weighted by molar-refractivity contribution is 7.98. The van der Waals surface area contributed by atoms with Gasteiger partial charge in [0.05, 0.1) is 13.2 Å². The van der Waals surface area contributed by atoms with Gasteiger partial charge in [0.25, 0.3) is 0 Å². The van der Waals surface area contributed by atoms with Crippen molar-refractivity contribution in [3.05, 3.63) is 59.7 Å². The highest BCUT2D eigenvalue weighted by Crippen LogP contribution is 2.23. The monoisotopic (exact) mass is 290 g/mol. The molecule has 19 heavy (non-hydrogen) atoms. The molecular formula is C16H18OS2. The van der Waals surface area contributed by atoms with E-state index in [1.165, 1.54) is 20.9 Å². The summed E-state index contributed by atoms with van der Waals surface area (Å²) in [5.41, 5.74) is 2.52. The topological polar surface area (TPSA) is 9.23 Å². The lowest BCUT2D eigenvalue weighted by Crippen LogP contribution is -1.97. The predicted molar refractivity (Wildman–Crippen MR) is 84.9 cm³/mol. The Bertz CT molecular complexity index is 478. The van der Waals surface area contributed by atoms with Gasteiger partial charge in [0, 0.05) is 9.79 Å². The first-order chi connectivity index (χ1) is 9.35. The fraction of sp³-hybridized carbons (Fsp3) is 0.250. The van der Waals surface area contributed by atoms with Gasteiger partial charge < -0.3 is 4.74 Å². The lowest BCUT2D eigenvalue weighted by atomic mass is 10.2. The van der Waals surface area contributed by atoms with Gasteiger partial charge in [-0.05, 0) is 35.8 Å². The number of hydrogen-bond donors (Lipinski definition) is 0. The molecule has 0 radical (unpaired) electrons. The largest absolute Gasteiger partial charge is 0.372 e. The van der Waals surface area contributed by atoms with Crippen LogP contribution >= 0.6 is 23.5 Å². The molecule has 2 rings (SSSR count). The van der Waals surface area contributed by atoms with Crippen LogP contribution in [0.15, 0.2) is 58.3 Å². The maximum absolute atomic E-state index is 5.86. The van der Waals surface area contributed by atoms with Crippen LogP contribution in [0.2, 0.25) is 0 Å². The molecule has 2 aromatic carbocycles. The van der Waals surface area contributed by atoms with Crippen LogP contribution in [-0.2, 0) is 18.0 Å². The number of thioether (sulfide) groups is 2. The average Bonchev–Trinajstić information content (AvgIpc) is 2.48. The van der Waals surface area contributed by atoms with Gasteiger partial charge in [-0.3, -0.25) is 0 Å². The van der Waals surface area contributed by atoms with Crippen molar-refractivity contribution in [2.75, 3.05) is 12.5 Å². The summed E-state index contributed by atoms with van der Waals surface area (Å²) in [5.74, 6) is 0. The summed E-state index contributed by atoms with van der Waals surface area (Å²) in [6.45, 7) is 1.33. The molecule has 0 amide bonds. The summed E-state index contributed by atoms with van der Waals surface area (Å²) in [6.07, 6.45) is 4.20. The molecule has 0 aliphatic carbocycles. The number of ether oxygens (including phenoxy) is 1. The van der Waals surface area contributed by atoms with E-state index in [0.29, 0.717) is 13.2 Å².